The van der Waals surface area contributed by atoms with Gasteiger partial charge in [0.2, 0.25) is 0 Å². The molecule has 0 amide bonds. The summed E-state index contributed by atoms with van der Waals surface area (Å²) in [6, 6.07) is 2.11. The van der Waals surface area contributed by atoms with Crippen molar-refractivity contribution in [2.45, 2.75) is 45.6 Å². The van der Waals surface area contributed by atoms with Crippen LogP contribution in [0.25, 0.3) is 0 Å². The minimum Gasteiger partial charge on any atom is -0.466 e. The first kappa shape index (κ1) is 10.5. The Balaban J connectivity index is 2.23. The Kier molecular flexibility index (Phi) is 2.96. The van der Waals surface area contributed by atoms with Gasteiger partial charge in [-0.3, -0.25) is 0 Å². The van der Waals surface area contributed by atoms with E-state index in [1.165, 1.54) is 24.8 Å². The lowest BCUT2D eigenvalue weighted by Gasteiger charge is -2.19. The molecule has 0 fully saturated rings. The Labute approximate surface area is 91.2 Å². The number of aryl methyl sites for hydroxylation is 2. The molecule has 0 bridgehead atoms. The number of rotatable bonds is 2. The zero-order valence-corrected chi connectivity index (χ0v) is 9.55. The normalized spacial score (nSPS) is 18.7. The molecular formula is C13H19NO. The molecule has 0 spiro atoms. The maximum atomic E-state index is 6.26. The Morgan fingerprint density at radius 2 is 2.13 bits per heavy atom. The molecule has 2 rings (SSSR count). The molecule has 1 aromatic rings. The van der Waals surface area contributed by atoms with Gasteiger partial charge in [0.15, 0.2) is 0 Å². The highest BCUT2D eigenvalue weighted by atomic mass is 16.3. The number of nitrogens with two attached hydrogens (primary N) is 1. The molecule has 15 heavy (non-hydrogen) atoms. The van der Waals surface area contributed by atoms with Crippen LogP contribution in [0.3, 0.4) is 0 Å². The summed E-state index contributed by atoms with van der Waals surface area (Å²) in [6.07, 6.45) is 7.20. The minimum atomic E-state index is 0.0442. The Hall–Kier alpha value is -1.02. The fourth-order valence-corrected chi connectivity index (χ4v) is 2.30. The number of allylic oxidation sites excluding steroid dienone is 1. The summed E-state index contributed by atoms with van der Waals surface area (Å²) in [5, 5.41) is 0. The summed E-state index contributed by atoms with van der Waals surface area (Å²) in [4.78, 5) is 0. The van der Waals surface area contributed by atoms with E-state index in [4.69, 9.17) is 10.2 Å². The van der Waals surface area contributed by atoms with E-state index in [0.29, 0.717) is 0 Å². The molecule has 1 aromatic heterocycles. The van der Waals surface area contributed by atoms with Crippen LogP contribution in [-0.4, -0.2) is 0 Å². The highest BCUT2D eigenvalue weighted by Crippen LogP contribution is 2.30. The van der Waals surface area contributed by atoms with Crippen molar-refractivity contribution in [1.29, 1.82) is 0 Å². The van der Waals surface area contributed by atoms with E-state index in [1.807, 2.05) is 13.8 Å². The predicted octanol–water partition coefficient (Wildman–Crippen LogP) is 3.40. The summed E-state index contributed by atoms with van der Waals surface area (Å²) in [6.45, 7) is 3.96. The highest BCUT2D eigenvalue weighted by Gasteiger charge is 2.18. The third kappa shape index (κ3) is 2.15. The lowest BCUT2D eigenvalue weighted by Crippen LogP contribution is -2.15. The number of hydrogen-bond acceptors (Lipinski definition) is 2. The van der Waals surface area contributed by atoms with Crippen molar-refractivity contribution in [1.82, 2.24) is 0 Å². The second kappa shape index (κ2) is 4.23. The monoisotopic (exact) mass is 205 g/mol. The molecule has 0 aromatic carbocycles. The molecule has 0 saturated heterocycles. The fourth-order valence-electron chi connectivity index (χ4n) is 2.30. The van der Waals surface area contributed by atoms with Crippen LogP contribution < -0.4 is 5.73 Å². The minimum absolute atomic E-state index is 0.0442. The molecular weight excluding hydrogens is 186 g/mol. The number of furan rings is 1. The fraction of sp³-hybridized carbons (Fsp3) is 0.538. The van der Waals surface area contributed by atoms with E-state index in [2.05, 4.69) is 12.1 Å². The first-order valence-corrected chi connectivity index (χ1v) is 5.70. The van der Waals surface area contributed by atoms with E-state index >= 15 is 0 Å². The Morgan fingerprint density at radius 3 is 2.67 bits per heavy atom. The van der Waals surface area contributed by atoms with Gasteiger partial charge < -0.3 is 10.2 Å². The third-order valence-corrected chi connectivity index (χ3v) is 3.14. The maximum absolute atomic E-state index is 6.26. The van der Waals surface area contributed by atoms with E-state index < -0.39 is 0 Å². The van der Waals surface area contributed by atoms with Gasteiger partial charge in [0.25, 0.3) is 0 Å². The standard InChI is InChI=1S/C13H19NO/c1-9-8-12(10(2)15-9)13(14)11-6-4-3-5-7-11/h6,8,13H,3-5,7,14H2,1-2H3. The first-order chi connectivity index (χ1) is 7.18. The molecule has 1 aliphatic carbocycles. The molecule has 0 aliphatic heterocycles. The predicted molar refractivity (Wildman–Crippen MR) is 61.7 cm³/mol. The third-order valence-electron chi connectivity index (χ3n) is 3.14. The van der Waals surface area contributed by atoms with Crippen molar-refractivity contribution in [2.75, 3.05) is 0 Å². The number of hydrogen-bond donors (Lipinski definition) is 1. The lowest BCUT2D eigenvalue weighted by molar-refractivity contribution is 0.498. The van der Waals surface area contributed by atoms with Gasteiger partial charge in [-0.1, -0.05) is 11.6 Å². The lowest BCUT2D eigenvalue weighted by atomic mass is 9.90. The van der Waals surface area contributed by atoms with Crippen LogP contribution >= 0.6 is 0 Å². The van der Waals surface area contributed by atoms with Crippen LogP contribution in [0.5, 0.6) is 0 Å². The first-order valence-electron chi connectivity index (χ1n) is 5.70. The molecule has 1 heterocycles. The summed E-state index contributed by atoms with van der Waals surface area (Å²) in [5.74, 6) is 1.92. The molecule has 1 atom stereocenters. The highest BCUT2D eigenvalue weighted by molar-refractivity contribution is 5.31. The zero-order chi connectivity index (χ0) is 10.8. The van der Waals surface area contributed by atoms with Crippen molar-refractivity contribution in [3.8, 4) is 0 Å². The van der Waals surface area contributed by atoms with Crippen LogP contribution in [0.15, 0.2) is 22.1 Å². The van der Waals surface area contributed by atoms with Crippen molar-refractivity contribution >= 4 is 0 Å². The molecule has 2 N–H and O–H groups in total. The largest absolute Gasteiger partial charge is 0.466 e. The average molecular weight is 205 g/mol. The van der Waals surface area contributed by atoms with Crippen LogP contribution in [0.2, 0.25) is 0 Å². The summed E-state index contributed by atoms with van der Waals surface area (Å²) in [5.41, 5.74) is 8.79. The average Bonchev–Trinajstić information content (AvgIpc) is 2.58. The summed E-state index contributed by atoms with van der Waals surface area (Å²) >= 11 is 0. The van der Waals surface area contributed by atoms with E-state index in [-0.39, 0.29) is 6.04 Å². The van der Waals surface area contributed by atoms with Crippen LogP contribution in [0, 0.1) is 13.8 Å². The quantitative estimate of drug-likeness (QED) is 0.751. The van der Waals surface area contributed by atoms with Gasteiger partial charge >= 0.3 is 0 Å². The molecule has 1 unspecified atom stereocenters. The van der Waals surface area contributed by atoms with Gasteiger partial charge in [0.05, 0.1) is 6.04 Å². The zero-order valence-electron chi connectivity index (χ0n) is 9.55. The van der Waals surface area contributed by atoms with Crippen LogP contribution in [0.4, 0.5) is 0 Å². The molecule has 82 valence electrons. The van der Waals surface area contributed by atoms with Crippen LogP contribution in [-0.2, 0) is 0 Å². The van der Waals surface area contributed by atoms with Crippen molar-refractivity contribution in [3.63, 3.8) is 0 Å². The second-order valence-electron chi connectivity index (χ2n) is 4.37. The second-order valence-corrected chi connectivity index (χ2v) is 4.37. The molecule has 1 aliphatic rings. The van der Waals surface area contributed by atoms with Gasteiger partial charge in [0, 0.05) is 5.56 Å². The SMILES string of the molecule is Cc1cc(C(N)C2=CCCCC2)c(C)o1. The smallest absolute Gasteiger partial charge is 0.106 e. The summed E-state index contributed by atoms with van der Waals surface area (Å²) in [7, 11) is 0. The van der Waals surface area contributed by atoms with E-state index in [1.54, 1.807) is 0 Å². The van der Waals surface area contributed by atoms with Crippen molar-refractivity contribution in [2.24, 2.45) is 5.73 Å². The Morgan fingerprint density at radius 1 is 1.33 bits per heavy atom. The van der Waals surface area contributed by atoms with Gasteiger partial charge in [-0.2, -0.15) is 0 Å². The van der Waals surface area contributed by atoms with Gasteiger partial charge in [-0.25, -0.2) is 0 Å². The van der Waals surface area contributed by atoms with E-state index in [0.717, 1.165) is 23.5 Å². The molecule has 0 saturated carbocycles. The maximum Gasteiger partial charge on any atom is 0.106 e. The molecule has 2 heteroatoms. The molecule has 0 radical (unpaired) electrons. The van der Waals surface area contributed by atoms with Crippen LogP contribution in [0.1, 0.15) is 48.8 Å². The summed E-state index contributed by atoms with van der Waals surface area (Å²) < 4.78 is 5.52. The van der Waals surface area contributed by atoms with Gasteiger partial charge in [0.1, 0.15) is 11.5 Å². The van der Waals surface area contributed by atoms with Crippen molar-refractivity contribution in [3.05, 3.63) is 34.8 Å². The van der Waals surface area contributed by atoms with Crippen molar-refractivity contribution < 1.29 is 4.42 Å². The molecule has 2 nitrogen and oxygen atoms in total. The van der Waals surface area contributed by atoms with Gasteiger partial charge in [-0.05, 0) is 45.6 Å². The topological polar surface area (TPSA) is 39.2 Å². The van der Waals surface area contributed by atoms with E-state index in [9.17, 15) is 0 Å². The van der Waals surface area contributed by atoms with Gasteiger partial charge in [-0.15, -0.1) is 0 Å². The Bertz CT molecular complexity index is 376.